The first-order valence-corrected chi connectivity index (χ1v) is 6.30. The molecule has 0 amide bonds. The summed E-state index contributed by atoms with van der Waals surface area (Å²) in [6, 6.07) is 8.21. The van der Waals surface area contributed by atoms with Crippen LogP contribution in [0.4, 0.5) is 5.69 Å². The molecule has 98 valence electrons. The number of carboxylic acids is 1. The van der Waals surface area contributed by atoms with Crippen LogP contribution in [0.1, 0.15) is 25.3 Å². The van der Waals surface area contributed by atoms with E-state index in [0.29, 0.717) is 19.5 Å². The van der Waals surface area contributed by atoms with Gasteiger partial charge in [-0.2, -0.15) is 0 Å². The number of anilines is 1. The van der Waals surface area contributed by atoms with Gasteiger partial charge in [-0.05, 0) is 30.5 Å². The van der Waals surface area contributed by atoms with Crippen LogP contribution in [0.3, 0.4) is 0 Å². The van der Waals surface area contributed by atoms with E-state index in [1.54, 1.807) is 0 Å². The number of benzene rings is 1. The van der Waals surface area contributed by atoms with Crippen molar-refractivity contribution in [1.82, 2.24) is 0 Å². The smallest absolute Gasteiger partial charge is 0.306 e. The molecule has 0 saturated carbocycles. The van der Waals surface area contributed by atoms with Gasteiger partial charge in [0.15, 0.2) is 0 Å². The number of aryl methyl sites for hydroxylation is 1. The molecular formula is C14H19NO3. The number of hydrogen-bond acceptors (Lipinski definition) is 3. The Morgan fingerprint density at radius 2 is 2.06 bits per heavy atom. The third-order valence-electron chi connectivity index (χ3n) is 3.52. The summed E-state index contributed by atoms with van der Waals surface area (Å²) in [7, 11) is 0. The Morgan fingerprint density at radius 1 is 1.39 bits per heavy atom. The first-order chi connectivity index (χ1) is 8.52. The van der Waals surface area contributed by atoms with Crippen LogP contribution in [0.5, 0.6) is 0 Å². The summed E-state index contributed by atoms with van der Waals surface area (Å²) in [6.45, 7) is 3.20. The topological polar surface area (TPSA) is 60.8 Å². The number of rotatable bonds is 4. The van der Waals surface area contributed by atoms with Gasteiger partial charge in [0, 0.05) is 18.8 Å². The van der Waals surface area contributed by atoms with Crippen molar-refractivity contribution in [2.45, 2.75) is 31.8 Å². The number of hydrogen-bond donors (Lipinski definition) is 2. The number of carbonyl (C=O) groups is 1. The maximum Gasteiger partial charge on any atom is 0.306 e. The van der Waals surface area contributed by atoms with Gasteiger partial charge in [-0.1, -0.05) is 19.1 Å². The first kappa shape index (κ1) is 12.9. The van der Waals surface area contributed by atoms with Crippen LogP contribution in [-0.4, -0.2) is 34.9 Å². The zero-order valence-electron chi connectivity index (χ0n) is 10.6. The van der Waals surface area contributed by atoms with Crippen LogP contribution in [0.15, 0.2) is 24.3 Å². The highest BCUT2D eigenvalue weighted by Gasteiger charge is 2.38. The molecule has 0 aromatic heterocycles. The Bertz CT molecular complexity index is 429. The summed E-state index contributed by atoms with van der Waals surface area (Å²) in [5.74, 6) is -0.944. The molecule has 0 radical (unpaired) electrons. The Labute approximate surface area is 107 Å². The molecule has 4 nitrogen and oxygen atoms in total. The lowest BCUT2D eigenvalue weighted by Crippen LogP contribution is -2.35. The van der Waals surface area contributed by atoms with Gasteiger partial charge in [0.25, 0.3) is 0 Å². The molecule has 2 N–H and O–H groups in total. The molecule has 1 heterocycles. The van der Waals surface area contributed by atoms with Crippen molar-refractivity contribution >= 4 is 11.7 Å². The fourth-order valence-corrected chi connectivity index (χ4v) is 2.45. The lowest BCUT2D eigenvalue weighted by atomic mass is 9.99. The Morgan fingerprint density at radius 3 is 2.61 bits per heavy atom. The summed E-state index contributed by atoms with van der Waals surface area (Å²) in [5.41, 5.74) is 1.24. The zero-order valence-corrected chi connectivity index (χ0v) is 10.6. The molecule has 4 heteroatoms. The second-order valence-electron chi connectivity index (χ2n) is 4.99. The quantitative estimate of drug-likeness (QED) is 0.852. The SMILES string of the molecule is CCc1ccc(N2CCC(O)(CC(=O)O)C2)cc1. The van der Waals surface area contributed by atoms with Gasteiger partial charge in [0.1, 0.15) is 0 Å². The molecule has 18 heavy (non-hydrogen) atoms. The van der Waals surface area contributed by atoms with Crippen molar-refractivity contribution in [2.24, 2.45) is 0 Å². The number of carboxylic acid groups (broad SMARTS) is 1. The van der Waals surface area contributed by atoms with Crippen molar-refractivity contribution in [3.63, 3.8) is 0 Å². The molecule has 1 fully saturated rings. The average molecular weight is 249 g/mol. The van der Waals surface area contributed by atoms with Crippen molar-refractivity contribution in [3.05, 3.63) is 29.8 Å². The van der Waals surface area contributed by atoms with E-state index in [9.17, 15) is 9.90 Å². The fourth-order valence-electron chi connectivity index (χ4n) is 2.45. The second-order valence-corrected chi connectivity index (χ2v) is 4.99. The van der Waals surface area contributed by atoms with E-state index in [1.165, 1.54) is 5.56 Å². The number of aliphatic carboxylic acids is 1. The van der Waals surface area contributed by atoms with E-state index in [2.05, 4.69) is 19.1 Å². The van der Waals surface area contributed by atoms with Crippen molar-refractivity contribution in [3.8, 4) is 0 Å². The van der Waals surface area contributed by atoms with Crippen LogP contribution in [0.25, 0.3) is 0 Å². The number of nitrogens with zero attached hydrogens (tertiary/aromatic N) is 1. The van der Waals surface area contributed by atoms with Gasteiger partial charge >= 0.3 is 5.97 Å². The van der Waals surface area contributed by atoms with Gasteiger partial charge in [0.2, 0.25) is 0 Å². The largest absolute Gasteiger partial charge is 0.481 e. The highest BCUT2D eigenvalue weighted by Crippen LogP contribution is 2.29. The molecule has 1 aromatic carbocycles. The maximum absolute atomic E-state index is 10.7. The summed E-state index contributed by atoms with van der Waals surface area (Å²) < 4.78 is 0. The molecular weight excluding hydrogens is 230 g/mol. The van der Waals surface area contributed by atoms with Crippen molar-refractivity contribution in [2.75, 3.05) is 18.0 Å². The fraction of sp³-hybridized carbons (Fsp3) is 0.500. The van der Waals surface area contributed by atoms with Gasteiger partial charge in [-0.15, -0.1) is 0 Å². The maximum atomic E-state index is 10.7. The van der Waals surface area contributed by atoms with E-state index < -0.39 is 11.6 Å². The second kappa shape index (κ2) is 4.98. The molecule has 2 rings (SSSR count). The monoisotopic (exact) mass is 249 g/mol. The molecule has 1 atom stereocenters. The average Bonchev–Trinajstić information content (AvgIpc) is 2.70. The first-order valence-electron chi connectivity index (χ1n) is 6.30. The minimum absolute atomic E-state index is 0.184. The highest BCUT2D eigenvalue weighted by atomic mass is 16.4. The van der Waals surface area contributed by atoms with Crippen LogP contribution >= 0.6 is 0 Å². The molecule has 1 aliphatic rings. The minimum Gasteiger partial charge on any atom is -0.481 e. The lowest BCUT2D eigenvalue weighted by Gasteiger charge is -2.23. The zero-order chi connectivity index (χ0) is 13.2. The third kappa shape index (κ3) is 2.82. The Hall–Kier alpha value is -1.55. The molecule has 0 aliphatic carbocycles. The summed E-state index contributed by atoms with van der Waals surface area (Å²) in [4.78, 5) is 12.8. The number of β-amino-alcohol motifs (C(OH)–C–C–N with tert-alkyl or cyclic N) is 1. The summed E-state index contributed by atoms with van der Waals surface area (Å²) in [6.07, 6.45) is 1.33. The van der Waals surface area contributed by atoms with E-state index in [-0.39, 0.29) is 6.42 Å². The molecule has 1 unspecified atom stereocenters. The third-order valence-corrected chi connectivity index (χ3v) is 3.52. The molecule has 1 aliphatic heterocycles. The molecule has 1 saturated heterocycles. The van der Waals surface area contributed by atoms with Crippen LogP contribution < -0.4 is 4.90 Å². The summed E-state index contributed by atoms with van der Waals surface area (Å²) in [5, 5.41) is 19.0. The Balaban J connectivity index is 2.05. The van der Waals surface area contributed by atoms with Gasteiger partial charge in [0.05, 0.1) is 12.0 Å². The molecule has 0 bridgehead atoms. The lowest BCUT2D eigenvalue weighted by molar-refractivity contribution is -0.141. The number of aliphatic hydroxyl groups is 1. The van der Waals surface area contributed by atoms with Crippen molar-refractivity contribution in [1.29, 1.82) is 0 Å². The Kier molecular flexibility index (Phi) is 3.57. The van der Waals surface area contributed by atoms with E-state index in [0.717, 1.165) is 12.1 Å². The van der Waals surface area contributed by atoms with Crippen molar-refractivity contribution < 1.29 is 15.0 Å². The standard InChI is InChI=1S/C14H19NO3/c1-2-11-3-5-12(6-4-11)15-8-7-14(18,10-15)9-13(16)17/h3-6,18H,2,7-10H2,1H3,(H,16,17). The summed E-state index contributed by atoms with van der Waals surface area (Å²) >= 11 is 0. The predicted molar refractivity (Wildman–Crippen MR) is 69.9 cm³/mol. The van der Waals surface area contributed by atoms with E-state index >= 15 is 0 Å². The van der Waals surface area contributed by atoms with Crippen LogP contribution in [0.2, 0.25) is 0 Å². The van der Waals surface area contributed by atoms with Crippen LogP contribution in [0, 0.1) is 0 Å². The van der Waals surface area contributed by atoms with Crippen LogP contribution in [-0.2, 0) is 11.2 Å². The van der Waals surface area contributed by atoms with E-state index in [1.807, 2.05) is 17.0 Å². The molecule has 0 spiro atoms. The minimum atomic E-state index is -1.09. The highest BCUT2D eigenvalue weighted by molar-refractivity contribution is 5.68. The van der Waals surface area contributed by atoms with Gasteiger partial charge in [-0.3, -0.25) is 4.79 Å². The van der Waals surface area contributed by atoms with Gasteiger partial charge in [-0.25, -0.2) is 0 Å². The van der Waals surface area contributed by atoms with E-state index in [4.69, 9.17) is 5.11 Å². The predicted octanol–water partition coefficient (Wildman–Crippen LogP) is 1.66. The van der Waals surface area contributed by atoms with Gasteiger partial charge < -0.3 is 15.1 Å². The normalized spacial score (nSPS) is 23.3. The molecule has 1 aromatic rings.